The van der Waals surface area contributed by atoms with Gasteiger partial charge in [0, 0.05) is 22.6 Å². The van der Waals surface area contributed by atoms with Crippen molar-refractivity contribution >= 4 is 32.7 Å². The third kappa shape index (κ3) is 5.58. The van der Waals surface area contributed by atoms with Crippen molar-refractivity contribution < 1.29 is 27.3 Å². The molecule has 0 atom stereocenters. The van der Waals surface area contributed by atoms with Crippen LogP contribution in [0.15, 0.2) is 117 Å². The lowest BCUT2D eigenvalue weighted by Gasteiger charge is -2.17. The molecule has 43 heavy (non-hydrogen) atoms. The molecule has 2 N–H and O–H groups in total. The number of nitrogens with zero attached hydrogens (tertiary/aromatic N) is 1. The average molecular weight is 590 g/mol. The lowest BCUT2D eigenvalue weighted by atomic mass is 9.90. The van der Waals surface area contributed by atoms with E-state index in [0.717, 1.165) is 22.1 Å². The first kappa shape index (κ1) is 28.1. The number of rotatable bonds is 6. The van der Waals surface area contributed by atoms with Crippen LogP contribution < -0.4 is 5.36 Å². The van der Waals surface area contributed by atoms with Gasteiger partial charge in [-0.15, -0.1) is 0 Å². The normalized spacial score (nSPS) is 12.2. The van der Waals surface area contributed by atoms with Crippen molar-refractivity contribution in [1.82, 2.24) is 0 Å². The predicted molar refractivity (Wildman–Crippen MR) is 165 cm³/mol. The summed E-state index contributed by atoms with van der Waals surface area (Å²) in [5.41, 5.74) is 7.40. The molecule has 7 nitrogen and oxygen atoms in total. The van der Waals surface area contributed by atoms with Gasteiger partial charge in [-0.05, 0) is 90.6 Å². The molecule has 4 aromatic rings. The molecular weight excluding hydrogens is 562 g/mol. The SMILES string of the molecule is Cc1ccccc1Cc1ccc2c(-c3ccccc3C(=O)O)c3ccc(=Nc4ccc(S(=O)(=O)O)cc4C)cc-3oc2c1. The van der Waals surface area contributed by atoms with Gasteiger partial charge in [0.05, 0.1) is 21.5 Å². The highest BCUT2D eigenvalue weighted by Gasteiger charge is 2.21. The minimum Gasteiger partial charge on any atom is -0.478 e. The monoisotopic (exact) mass is 589 g/mol. The molecule has 0 saturated carbocycles. The van der Waals surface area contributed by atoms with Gasteiger partial charge in [-0.3, -0.25) is 4.55 Å². The Bertz CT molecular complexity index is 2200. The van der Waals surface area contributed by atoms with Crippen molar-refractivity contribution in [3.8, 4) is 22.5 Å². The van der Waals surface area contributed by atoms with E-state index in [1.807, 2.05) is 42.5 Å². The number of carbonyl (C=O) groups is 1. The molecule has 0 radical (unpaired) electrons. The summed E-state index contributed by atoms with van der Waals surface area (Å²) >= 11 is 0. The molecular formula is C35H27NO6S. The average Bonchev–Trinajstić information content (AvgIpc) is 2.97. The first-order chi connectivity index (χ1) is 20.6. The molecule has 0 spiro atoms. The van der Waals surface area contributed by atoms with E-state index in [2.05, 4.69) is 19.1 Å². The lowest BCUT2D eigenvalue weighted by Crippen LogP contribution is -2.05. The number of benzene rings is 5. The Hall–Kier alpha value is -5.05. The maximum Gasteiger partial charge on any atom is 0.336 e. The number of fused-ring (bicyclic) bond motifs is 2. The maximum absolute atomic E-state index is 12.2. The largest absolute Gasteiger partial charge is 0.478 e. The Morgan fingerprint density at radius 1 is 0.814 bits per heavy atom. The molecule has 8 heteroatoms. The quantitative estimate of drug-likeness (QED) is 0.153. The lowest BCUT2D eigenvalue weighted by molar-refractivity contribution is 0.0697. The van der Waals surface area contributed by atoms with Crippen LogP contribution in [0.3, 0.4) is 0 Å². The minimum atomic E-state index is -4.33. The molecule has 1 aliphatic carbocycles. The Labute approximate surface area is 248 Å². The number of aromatic carboxylic acids is 1. The van der Waals surface area contributed by atoms with Crippen LogP contribution in [0.5, 0.6) is 0 Å². The summed E-state index contributed by atoms with van der Waals surface area (Å²) in [5.74, 6) is -0.506. The Morgan fingerprint density at radius 3 is 2.33 bits per heavy atom. The maximum atomic E-state index is 12.2. The second kappa shape index (κ2) is 11.0. The van der Waals surface area contributed by atoms with Gasteiger partial charge in [0.25, 0.3) is 10.1 Å². The van der Waals surface area contributed by atoms with Gasteiger partial charge >= 0.3 is 5.97 Å². The van der Waals surface area contributed by atoms with E-state index in [1.165, 1.54) is 29.3 Å². The highest BCUT2D eigenvalue weighted by atomic mass is 32.2. The van der Waals surface area contributed by atoms with Crippen molar-refractivity contribution in [2.75, 3.05) is 0 Å². The second-order valence-electron chi connectivity index (χ2n) is 10.5. The van der Waals surface area contributed by atoms with Crippen LogP contribution in [-0.4, -0.2) is 24.0 Å². The van der Waals surface area contributed by atoms with Crippen LogP contribution in [0.25, 0.3) is 33.4 Å². The summed E-state index contributed by atoms with van der Waals surface area (Å²) in [6, 6.07) is 30.8. The van der Waals surface area contributed by atoms with Crippen molar-refractivity contribution in [2.24, 2.45) is 4.99 Å². The Balaban J connectivity index is 1.57. The van der Waals surface area contributed by atoms with Gasteiger partial charge < -0.3 is 9.52 Å². The van der Waals surface area contributed by atoms with Gasteiger partial charge in [-0.2, -0.15) is 8.42 Å². The highest BCUT2D eigenvalue weighted by Crippen LogP contribution is 2.41. The summed E-state index contributed by atoms with van der Waals surface area (Å²) < 4.78 is 38.9. The first-order valence-corrected chi connectivity index (χ1v) is 15.0. The van der Waals surface area contributed by atoms with Gasteiger partial charge in [-0.25, -0.2) is 9.79 Å². The molecule has 1 aliphatic heterocycles. The Morgan fingerprint density at radius 2 is 1.58 bits per heavy atom. The van der Waals surface area contributed by atoms with E-state index in [0.29, 0.717) is 39.9 Å². The van der Waals surface area contributed by atoms with Crippen LogP contribution >= 0.6 is 0 Å². The zero-order chi connectivity index (χ0) is 30.3. The zero-order valence-electron chi connectivity index (χ0n) is 23.4. The fourth-order valence-electron chi connectivity index (χ4n) is 5.36. The zero-order valence-corrected chi connectivity index (χ0v) is 24.2. The number of carboxylic acid groups (broad SMARTS) is 1. The third-order valence-electron chi connectivity index (χ3n) is 7.57. The van der Waals surface area contributed by atoms with Gasteiger partial charge in [-0.1, -0.05) is 54.6 Å². The fraction of sp³-hybridized carbons (Fsp3) is 0.0857. The number of hydrogen-bond acceptors (Lipinski definition) is 5. The van der Waals surface area contributed by atoms with Gasteiger partial charge in [0.2, 0.25) is 0 Å². The molecule has 214 valence electrons. The summed E-state index contributed by atoms with van der Waals surface area (Å²) in [6.45, 7) is 3.79. The van der Waals surface area contributed by atoms with Crippen LogP contribution in [0.2, 0.25) is 0 Å². The van der Waals surface area contributed by atoms with Crippen molar-refractivity contribution in [3.63, 3.8) is 0 Å². The molecule has 0 fully saturated rings. The molecule has 4 aromatic carbocycles. The van der Waals surface area contributed by atoms with Crippen LogP contribution in [0, 0.1) is 13.8 Å². The molecule has 2 aliphatic rings. The van der Waals surface area contributed by atoms with E-state index in [1.54, 1.807) is 37.3 Å². The first-order valence-electron chi connectivity index (χ1n) is 13.6. The summed E-state index contributed by atoms with van der Waals surface area (Å²) in [5, 5.41) is 11.4. The van der Waals surface area contributed by atoms with Gasteiger partial charge in [0.1, 0.15) is 11.3 Å². The number of carboxylic acids is 1. The van der Waals surface area contributed by atoms with E-state index in [-0.39, 0.29) is 10.5 Å². The summed E-state index contributed by atoms with van der Waals surface area (Å²) in [4.78, 5) is 16.7. The minimum absolute atomic E-state index is 0.184. The number of hydrogen-bond donors (Lipinski definition) is 2. The van der Waals surface area contributed by atoms with Crippen molar-refractivity contribution in [3.05, 3.63) is 136 Å². The van der Waals surface area contributed by atoms with E-state index < -0.39 is 16.1 Å². The smallest absolute Gasteiger partial charge is 0.336 e. The van der Waals surface area contributed by atoms with E-state index >= 15 is 0 Å². The second-order valence-corrected chi connectivity index (χ2v) is 11.9. The fourth-order valence-corrected chi connectivity index (χ4v) is 5.93. The molecule has 1 heterocycles. The molecule has 0 saturated heterocycles. The molecule has 0 unspecified atom stereocenters. The van der Waals surface area contributed by atoms with E-state index in [9.17, 15) is 22.9 Å². The van der Waals surface area contributed by atoms with Crippen LogP contribution in [0.4, 0.5) is 5.69 Å². The third-order valence-corrected chi connectivity index (χ3v) is 8.42. The van der Waals surface area contributed by atoms with Crippen LogP contribution in [0.1, 0.15) is 32.6 Å². The van der Waals surface area contributed by atoms with Crippen molar-refractivity contribution in [1.29, 1.82) is 0 Å². The number of aryl methyl sites for hydroxylation is 2. The summed E-state index contributed by atoms with van der Waals surface area (Å²) in [7, 11) is -4.33. The predicted octanol–water partition coefficient (Wildman–Crippen LogP) is 7.59. The van der Waals surface area contributed by atoms with Gasteiger partial charge in [0.15, 0.2) is 0 Å². The molecule has 0 aromatic heterocycles. The topological polar surface area (TPSA) is 117 Å². The van der Waals surface area contributed by atoms with Crippen LogP contribution in [-0.2, 0) is 16.5 Å². The molecule has 0 bridgehead atoms. The summed E-state index contributed by atoms with van der Waals surface area (Å²) in [6.07, 6.45) is 0.714. The molecule has 6 rings (SSSR count). The van der Waals surface area contributed by atoms with E-state index in [4.69, 9.17) is 9.41 Å². The molecule has 0 amide bonds. The standard InChI is InChI=1S/C35H27NO6S/c1-21-7-3-4-8-24(21)18-23-11-14-29-32(19-23)42-33-20-25(36-31-16-13-26(17-22(31)2)43(39,40)41)12-15-30(33)34(29)27-9-5-6-10-28(27)35(37)38/h3-17,19-20H,18H2,1-2H3,(H,37,38)(H,39,40,41). The Kier molecular flexibility index (Phi) is 7.17. The van der Waals surface area contributed by atoms with Crippen molar-refractivity contribution in [2.45, 2.75) is 25.2 Å². The highest BCUT2D eigenvalue weighted by molar-refractivity contribution is 7.85.